The van der Waals surface area contributed by atoms with Crippen LogP contribution in [0.1, 0.15) is 10.4 Å². The van der Waals surface area contributed by atoms with Crippen LogP contribution in [0, 0.1) is 0 Å². The van der Waals surface area contributed by atoms with Crippen LogP contribution in [0.4, 0.5) is 5.69 Å². The summed E-state index contributed by atoms with van der Waals surface area (Å²) in [6.45, 7) is 0. The fourth-order valence-corrected chi connectivity index (χ4v) is 2.48. The molecule has 0 saturated heterocycles. The van der Waals surface area contributed by atoms with Crippen molar-refractivity contribution in [2.75, 3.05) is 20.0 Å². The van der Waals surface area contributed by atoms with Crippen LogP contribution in [0.15, 0.2) is 48.5 Å². The van der Waals surface area contributed by atoms with Gasteiger partial charge in [0.25, 0.3) is 0 Å². The van der Waals surface area contributed by atoms with Gasteiger partial charge >= 0.3 is 12.0 Å². The fraction of sp³-hybridized carbons (Fsp3) is 0.105. The Labute approximate surface area is 155 Å². The monoisotopic (exact) mass is 367 g/mol. The molecule has 0 spiro atoms. The molecule has 0 atom stereocenters. The lowest BCUT2D eigenvalue weighted by Gasteiger charge is -2.13. The topological polar surface area (TPSA) is 117 Å². The summed E-state index contributed by atoms with van der Waals surface area (Å²) in [5.41, 5.74) is 7.44. The summed E-state index contributed by atoms with van der Waals surface area (Å²) in [6, 6.07) is 13.2. The van der Waals surface area contributed by atoms with E-state index in [0.29, 0.717) is 16.8 Å². The number of aromatic carboxylic acids is 1. The molecular formula is C19H17N3O5. The number of methoxy groups -OCH3 is 2. The standard InChI is InChI=1S/C19H17N3O5/c1-25-15-10-16(26-2)22-19(21-15)27-14-5-3-4-13(17(14)18(23)24)11-6-8-12(20)9-7-11/h3-10H,20H2,1-2H3,(H,23,24). The summed E-state index contributed by atoms with van der Waals surface area (Å²) >= 11 is 0. The summed E-state index contributed by atoms with van der Waals surface area (Å²) in [5, 5.41) is 9.75. The summed E-state index contributed by atoms with van der Waals surface area (Å²) in [5.74, 6) is -0.605. The van der Waals surface area contributed by atoms with E-state index < -0.39 is 5.97 Å². The van der Waals surface area contributed by atoms with Gasteiger partial charge in [-0.2, -0.15) is 9.97 Å². The minimum Gasteiger partial charge on any atom is -0.481 e. The molecule has 3 rings (SSSR count). The second-order valence-electron chi connectivity index (χ2n) is 5.44. The molecule has 3 aromatic rings. The van der Waals surface area contributed by atoms with E-state index >= 15 is 0 Å². The summed E-state index contributed by atoms with van der Waals surface area (Å²) < 4.78 is 15.8. The van der Waals surface area contributed by atoms with Crippen LogP contribution in [-0.4, -0.2) is 35.3 Å². The summed E-state index contributed by atoms with van der Waals surface area (Å²) in [4.78, 5) is 20.1. The zero-order chi connectivity index (χ0) is 19.4. The van der Waals surface area contributed by atoms with Crippen molar-refractivity contribution >= 4 is 11.7 Å². The van der Waals surface area contributed by atoms with Crippen LogP contribution >= 0.6 is 0 Å². The smallest absolute Gasteiger partial charge is 0.340 e. The number of carboxylic acid groups (broad SMARTS) is 1. The van der Waals surface area contributed by atoms with E-state index in [9.17, 15) is 9.90 Å². The van der Waals surface area contributed by atoms with E-state index in [2.05, 4.69) is 9.97 Å². The number of aromatic nitrogens is 2. The molecule has 0 bridgehead atoms. The van der Waals surface area contributed by atoms with Crippen LogP contribution in [0.2, 0.25) is 0 Å². The number of rotatable bonds is 6. The van der Waals surface area contributed by atoms with Crippen molar-refractivity contribution in [1.29, 1.82) is 0 Å². The van der Waals surface area contributed by atoms with Crippen molar-refractivity contribution in [3.8, 4) is 34.6 Å². The molecule has 27 heavy (non-hydrogen) atoms. The third kappa shape index (κ3) is 3.90. The Morgan fingerprint density at radius 3 is 2.19 bits per heavy atom. The van der Waals surface area contributed by atoms with E-state index in [1.807, 2.05) is 0 Å². The third-order valence-electron chi connectivity index (χ3n) is 3.74. The van der Waals surface area contributed by atoms with Crippen molar-refractivity contribution in [2.24, 2.45) is 0 Å². The van der Waals surface area contributed by atoms with Crippen LogP contribution in [0.5, 0.6) is 23.5 Å². The number of nitrogens with two attached hydrogens (primary N) is 1. The van der Waals surface area contributed by atoms with Crippen LogP contribution in [0.3, 0.4) is 0 Å². The zero-order valence-corrected chi connectivity index (χ0v) is 14.7. The van der Waals surface area contributed by atoms with Crippen LogP contribution in [0.25, 0.3) is 11.1 Å². The zero-order valence-electron chi connectivity index (χ0n) is 14.7. The van der Waals surface area contributed by atoms with Crippen molar-refractivity contribution in [1.82, 2.24) is 9.97 Å². The van der Waals surface area contributed by atoms with Crippen molar-refractivity contribution in [2.45, 2.75) is 0 Å². The van der Waals surface area contributed by atoms with E-state index in [4.69, 9.17) is 19.9 Å². The highest BCUT2D eigenvalue weighted by Crippen LogP contribution is 2.34. The van der Waals surface area contributed by atoms with Crippen molar-refractivity contribution < 1.29 is 24.1 Å². The molecule has 0 unspecified atom stereocenters. The molecule has 138 valence electrons. The van der Waals surface area contributed by atoms with Crippen molar-refractivity contribution in [3.63, 3.8) is 0 Å². The molecule has 0 saturated carbocycles. The Hall–Kier alpha value is -3.81. The Morgan fingerprint density at radius 2 is 1.63 bits per heavy atom. The summed E-state index contributed by atoms with van der Waals surface area (Å²) in [7, 11) is 2.88. The number of nitrogens with zero attached hydrogens (tertiary/aromatic N) is 2. The molecule has 3 N–H and O–H groups in total. The molecule has 1 heterocycles. The molecule has 8 heteroatoms. The van der Waals surface area contributed by atoms with Gasteiger partial charge in [-0.05, 0) is 29.3 Å². The molecule has 1 aromatic heterocycles. The highest BCUT2D eigenvalue weighted by atomic mass is 16.5. The van der Waals surface area contributed by atoms with Gasteiger partial charge in [-0.25, -0.2) is 4.79 Å². The van der Waals surface area contributed by atoms with Gasteiger partial charge in [0.2, 0.25) is 11.8 Å². The van der Waals surface area contributed by atoms with Crippen LogP contribution in [-0.2, 0) is 0 Å². The second kappa shape index (κ2) is 7.61. The SMILES string of the molecule is COc1cc(OC)nc(Oc2cccc(-c3ccc(N)cc3)c2C(=O)O)n1. The van der Waals surface area contributed by atoms with Gasteiger partial charge < -0.3 is 25.1 Å². The highest BCUT2D eigenvalue weighted by Gasteiger charge is 2.20. The maximum absolute atomic E-state index is 11.9. The maximum atomic E-state index is 11.9. The number of carbonyl (C=O) groups is 1. The Morgan fingerprint density at radius 1 is 1.00 bits per heavy atom. The first-order valence-electron chi connectivity index (χ1n) is 7.89. The lowest BCUT2D eigenvalue weighted by Crippen LogP contribution is -2.05. The maximum Gasteiger partial charge on any atom is 0.340 e. The number of carboxylic acids is 1. The first kappa shape index (κ1) is 18.0. The van der Waals surface area contributed by atoms with Gasteiger partial charge in [0.05, 0.1) is 20.3 Å². The number of hydrogen-bond acceptors (Lipinski definition) is 7. The van der Waals surface area contributed by atoms with Gasteiger partial charge in [-0.15, -0.1) is 0 Å². The molecule has 0 fully saturated rings. The quantitative estimate of drug-likeness (QED) is 0.638. The second-order valence-corrected chi connectivity index (χ2v) is 5.44. The molecular weight excluding hydrogens is 350 g/mol. The Balaban J connectivity index is 2.07. The van der Waals surface area contributed by atoms with Gasteiger partial charge in [0.1, 0.15) is 11.3 Å². The van der Waals surface area contributed by atoms with E-state index in [-0.39, 0.29) is 29.1 Å². The van der Waals surface area contributed by atoms with Crippen LogP contribution < -0.4 is 19.9 Å². The van der Waals surface area contributed by atoms with E-state index in [1.165, 1.54) is 26.4 Å². The first-order chi connectivity index (χ1) is 13.0. The minimum absolute atomic E-state index is 0.0207. The highest BCUT2D eigenvalue weighted by molar-refractivity contribution is 5.99. The lowest BCUT2D eigenvalue weighted by atomic mass is 9.98. The Bertz CT molecular complexity index is 951. The fourth-order valence-electron chi connectivity index (χ4n) is 2.48. The predicted molar refractivity (Wildman–Crippen MR) is 98.5 cm³/mol. The van der Waals surface area contributed by atoms with E-state index in [0.717, 1.165) is 0 Å². The Kier molecular flexibility index (Phi) is 5.07. The molecule has 8 nitrogen and oxygen atoms in total. The molecule has 0 amide bonds. The minimum atomic E-state index is -1.15. The molecule has 0 radical (unpaired) electrons. The first-order valence-corrected chi connectivity index (χ1v) is 7.89. The number of anilines is 1. The molecule has 2 aromatic carbocycles. The van der Waals surface area contributed by atoms with Gasteiger partial charge in [-0.3, -0.25) is 0 Å². The normalized spacial score (nSPS) is 10.3. The van der Waals surface area contributed by atoms with Gasteiger partial charge in [0.15, 0.2) is 0 Å². The molecule has 0 aliphatic heterocycles. The van der Waals surface area contributed by atoms with E-state index in [1.54, 1.807) is 36.4 Å². The average molecular weight is 367 g/mol. The van der Waals surface area contributed by atoms with Crippen molar-refractivity contribution in [3.05, 3.63) is 54.1 Å². The molecule has 0 aliphatic rings. The summed E-state index contributed by atoms with van der Waals surface area (Å²) in [6.07, 6.45) is 0. The predicted octanol–water partition coefficient (Wildman–Crippen LogP) is 3.23. The number of nitrogen functional groups attached to an aromatic ring is 1. The number of ether oxygens (including phenoxy) is 3. The van der Waals surface area contributed by atoms with Gasteiger partial charge in [-0.1, -0.05) is 24.3 Å². The number of benzene rings is 2. The largest absolute Gasteiger partial charge is 0.481 e. The number of hydrogen-bond donors (Lipinski definition) is 2. The third-order valence-corrected chi connectivity index (χ3v) is 3.74. The van der Waals surface area contributed by atoms with Gasteiger partial charge in [0, 0.05) is 5.69 Å². The lowest BCUT2D eigenvalue weighted by molar-refractivity contribution is 0.0695. The molecule has 0 aliphatic carbocycles. The average Bonchev–Trinajstić information content (AvgIpc) is 2.67.